The second-order valence-electron chi connectivity index (χ2n) is 6.14. The van der Waals surface area contributed by atoms with E-state index in [9.17, 15) is 43.2 Å². The van der Waals surface area contributed by atoms with E-state index in [0.29, 0.717) is 0 Å². The molecule has 1 aliphatic heterocycles. The van der Waals surface area contributed by atoms with Gasteiger partial charge in [-0.1, -0.05) is 0 Å². The van der Waals surface area contributed by atoms with Gasteiger partial charge in [-0.05, 0) is 6.07 Å². The number of nitrogens with two attached hydrogens (primary N) is 1. The van der Waals surface area contributed by atoms with E-state index in [-0.39, 0.29) is 142 Å². The SMILES string of the molecule is Nc1nc2c(ccn2[C@H]2C[C@H](O)[C@@H](COP(=O)([O-])OP(=O)([O-])OP(=O)([O-])[O-])O2)c(=O)[nH]1.[Na+].[Na+].[Na+].[Na+]. The first kappa shape index (κ1) is 39.7. The summed E-state index contributed by atoms with van der Waals surface area (Å²) in [6, 6.07) is 1.41. The van der Waals surface area contributed by atoms with Crippen LogP contribution in [0.15, 0.2) is 17.1 Å². The molecule has 0 amide bonds. The van der Waals surface area contributed by atoms with Crippen LogP contribution in [0.4, 0.5) is 5.95 Å². The molecule has 1 aliphatic rings. The molecular weight excluding hydrogens is 581 g/mol. The normalized spacial score (nSPS) is 23.1. The fraction of sp³-hybridized carbons (Fsp3) is 0.455. The fourth-order valence-electron chi connectivity index (χ4n) is 2.78. The molecule has 0 aliphatic carbocycles. The number of nitrogens with zero attached hydrogens (tertiary/aromatic N) is 2. The standard InChI is InChI=1S/C11H17N4O13P3.4Na/c12-11-13-9-5(10(17)14-11)1-2-15(9)8-3-6(16)7(26-8)4-25-30(21,22)28-31(23,24)27-29(18,19)20;;;;/h1-2,6-8,16H,3-4H2,(H,21,22)(H,23,24)(H2,18,19,20)(H3,12,13,14,17);;;;/q;4*+1/p-4/t6-,7+,8+;;;;/m0..../s1. The van der Waals surface area contributed by atoms with E-state index in [0.717, 1.165) is 0 Å². The Morgan fingerprint density at radius 2 is 1.74 bits per heavy atom. The third kappa shape index (κ3) is 11.5. The summed E-state index contributed by atoms with van der Waals surface area (Å²) in [7, 11) is -17.9. The van der Waals surface area contributed by atoms with Gasteiger partial charge in [0.1, 0.15) is 12.3 Å². The maximum absolute atomic E-state index is 11.9. The number of nitrogen functional groups attached to an aromatic ring is 1. The molecule has 2 aromatic heterocycles. The van der Waals surface area contributed by atoms with Gasteiger partial charge in [0, 0.05) is 12.6 Å². The van der Waals surface area contributed by atoms with Crippen molar-refractivity contribution in [1.29, 1.82) is 0 Å². The van der Waals surface area contributed by atoms with E-state index in [2.05, 4.69) is 23.1 Å². The molecular formula is C11H13N4Na4O13P3. The van der Waals surface area contributed by atoms with Gasteiger partial charge >= 0.3 is 118 Å². The Balaban J connectivity index is 0. The van der Waals surface area contributed by atoms with E-state index >= 15 is 0 Å². The first-order valence-corrected chi connectivity index (χ1v) is 12.5. The summed E-state index contributed by atoms with van der Waals surface area (Å²) in [5, 5.41) is 10.3. The molecule has 3 rings (SSSR count). The molecule has 35 heavy (non-hydrogen) atoms. The zero-order chi connectivity index (χ0) is 23.2. The predicted octanol–water partition coefficient (Wildman–Crippen LogP) is -15.2. The van der Waals surface area contributed by atoms with Gasteiger partial charge in [0.2, 0.25) is 5.95 Å². The molecule has 0 spiro atoms. The summed E-state index contributed by atoms with van der Waals surface area (Å²) in [5.41, 5.74) is 5.11. The van der Waals surface area contributed by atoms with Crippen molar-refractivity contribution >= 4 is 40.4 Å². The number of phosphoric ester groups is 1. The largest absolute Gasteiger partial charge is 1.00 e. The molecule has 4 N–H and O–H groups in total. The minimum atomic E-state index is -6.11. The summed E-state index contributed by atoms with van der Waals surface area (Å²) in [6.45, 7) is -0.944. The second-order valence-corrected chi connectivity index (χ2v) is 10.4. The van der Waals surface area contributed by atoms with Crippen molar-refractivity contribution in [3.8, 4) is 0 Å². The molecule has 24 heteroatoms. The maximum atomic E-state index is 11.9. The summed E-state index contributed by atoms with van der Waals surface area (Å²) in [4.78, 5) is 61.5. The van der Waals surface area contributed by atoms with Crippen LogP contribution in [0, 0.1) is 0 Å². The minimum Gasteiger partial charge on any atom is -0.790 e. The molecule has 1 saturated heterocycles. The van der Waals surface area contributed by atoms with Crippen LogP contribution in [0.2, 0.25) is 0 Å². The molecule has 174 valence electrons. The minimum absolute atomic E-state index is 0. The van der Waals surface area contributed by atoms with Crippen molar-refractivity contribution in [2.24, 2.45) is 0 Å². The van der Waals surface area contributed by atoms with E-state index in [4.69, 9.17) is 10.5 Å². The number of hydrogen-bond acceptors (Lipinski definition) is 15. The van der Waals surface area contributed by atoms with Gasteiger partial charge in [-0.2, -0.15) is 4.98 Å². The van der Waals surface area contributed by atoms with Gasteiger partial charge < -0.3 is 48.8 Å². The predicted molar refractivity (Wildman–Crippen MR) is 90.2 cm³/mol. The van der Waals surface area contributed by atoms with Crippen LogP contribution in [0.1, 0.15) is 12.6 Å². The molecule has 0 radical (unpaired) electrons. The summed E-state index contributed by atoms with van der Waals surface area (Å²) >= 11 is 0. The van der Waals surface area contributed by atoms with E-state index < -0.39 is 54.1 Å². The second kappa shape index (κ2) is 15.5. The molecule has 17 nitrogen and oxygen atoms in total. The van der Waals surface area contributed by atoms with E-state index in [1.54, 1.807) is 0 Å². The van der Waals surface area contributed by atoms with Crippen molar-refractivity contribution in [2.75, 3.05) is 12.3 Å². The smallest absolute Gasteiger partial charge is 0.790 e. The number of aliphatic hydroxyl groups is 1. The summed E-state index contributed by atoms with van der Waals surface area (Å²) in [5.74, 6) is -0.176. The zero-order valence-electron chi connectivity index (χ0n) is 19.0. The number of H-pyrrole nitrogens is 1. The summed E-state index contributed by atoms with van der Waals surface area (Å²) < 4.78 is 50.6. The molecule has 0 aromatic carbocycles. The molecule has 0 bridgehead atoms. The van der Waals surface area contributed by atoms with Gasteiger partial charge in [0.25, 0.3) is 21.2 Å². The van der Waals surface area contributed by atoms with Crippen LogP contribution in [-0.4, -0.2) is 38.5 Å². The van der Waals surface area contributed by atoms with Crippen molar-refractivity contribution < 1.29 is 174 Å². The average Bonchev–Trinajstić information content (AvgIpc) is 3.13. The third-order valence-electron chi connectivity index (χ3n) is 3.91. The van der Waals surface area contributed by atoms with Crippen LogP contribution in [-0.2, 0) is 31.6 Å². The molecule has 2 unspecified atom stereocenters. The Kier molecular flexibility index (Phi) is 17.6. The van der Waals surface area contributed by atoms with E-state index in [1.807, 2.05) is 0 Å². The van der Waals surface area contributed by atoms with Gasteiger partial charge in [-0.25, -0.2) is 4.31 Å². The quantitative estimate of drug-likeness (QED) is 0.189. The number of fused-ring (bicyclic) bond motifs is 1. The molecule has 1 fully saturated rings. The molecule has 5 atom stereocenters. The number of nitrogens with one attached hydrogen (secondary N) is 1. The Morgan fingerprint density at radius 1 is 1.14 bits per heavy atom. The first-order chi connectivity index (χ1) is 14.2. The third-order valence-corrected chi connectivity index (χ3v) is 7.58. The monoisotopic (exact) mass is 594 g/mol. The van der Waals surface area contributed by atoms with Gasteiger partial charge in [0.05, 0.1) is 25.9 Å². The number of aliphatic hydroxyl groups excluding tert-OH is 1. The number of aromatic nitrogens is 3. The van der Waals surface area contributed by atoms with Gasteiger partial charge in [-0.15, -0.1) is 0 Å². The van der Waals surface area contributed by atoms with Crippen LogP contribution >= 0.6 is 23.5 Å². The number of hydrogen-bond donors (Lipinski definition) is 3. The van der Waals surface area contributed by atoms with Gasteiger partial charge in [-0.3, -0.25) is 23.2 Å². The van der Waals surface area contributed by atoms with Crippen molar-refractivity contribution in [2.45, 2.75) is 24.9 Å². The number of aromatic amines is 1. The fourth-order valence-corrected chi connectivity index (χ4v) is 5.64. The van der Waals surface area contributed by atoms with Crippen molar-refractivity contribution in [1.82, 2.24) is 14.5 Å². The van der Waals surface area contributed by atoms with Crippen LogP contribution in [0.3, 0.4) is 0 Å². The Bertz CT molecular complexity index is 1190. The maximum Gasteiger partial charge on any atom is 1.00 e. The van der Waals surface area contributed by atoms with E-state index in [1.165, 1.54) is 16.8 Å². The number of anilines is 1. The molecule has 2 aromatic rings. The molecule has 3 heterocycles. The van der Waals surface area contributed by atoms with Crippen LogP contribution in [0.5, 0.6) is 0 Å². The average molecular weight is 594 g/mol. The zero-order valence-corrected chi connectivity index (χ0v) is 29.6. The topological polar surface area (TPSA) is 277 Å². The number of ether oxygens (including phenoxy) is 1. The Hall–Kier alpha value is 2.55. The summed E-state index contributed by atoms with van der Waals surface area (Å²) in [6.07, 6.45) is -2.23. The Labute approximate surface area is 285 Å². The van der Waals surface area contributed by atoms with Crippen molar-refractivity contribution in [3.05, 3.63) is 22.6 Å². The molecule has 0 saturated carbocycles. The first-order valence-electron chi connectivity index (χ1n) is 8.07. The van der Waals surface area contributed by atoms with Crippen LogP contribution in [0.25, 0.3) is 11.0 Å². The number of rotatable bonds is 8. The Morgan fingerprint density at radius 3 is 2.31 bits per heavy atom. The van der Waals surface area contributed by atoms with Gasteiger partial charge in [0.15, 0.2) is 5.65 Å². The number of phosphoric acid groups is 3. The van der Waals surface area contributed by atoms with Crippen molar-refractivity contribution in [3.63, 3.8) is 0 Å². The van der Waals surface area contributed by atoms with Crippen LogP contribution < -0.4 is 149 Å².